The second-order valence-electron chi connectivity index (χ2n) is 3.62. The van der Waals surface area contributed by atoms with E-state index >= 15 is 0 Å². The van der Waals surface area contributed by atoms with E-state index in [1.165, 1.54) is 35.1 Å². The van der Waals surface area contributed by atoms with Crippen LogP contribution in [0.25, 0.3) is 6.08 Å². The number of nitrogens with two attached hydrogens (primary N) is 1. The predicted molar refractivity (Wildman–Crippen MR) is 56.4 cm³/mol. The first-order chi connectivity index (χ1) is 6.31. The van der Waals surface area contributed by atoms with Crippen molar-refractivity contribution in [1.82, 2.24) is 0 Å². The molecular weight excluding hydrogens is 158 g/mol. The van der Waals surface area contributed by atoms with Gasteiger partial charge in [-0.15, -0.1) is 0 Å². The van der Waals surface area contributed by atoms with Gasteiger partial charge in [0.1, 0.15) is 0 Å². The third kappa shape index (κ3) is 1.52. The highest BCUT2D eigenvalue weighted by Crippen LogP contribution is 2.22. The van der Waals surface area contributed by atoms with E-state index in [4.69, 9.17) is 5.73 Å². The van der Waals surface area contributed by atoms with Crippen LogP contribution in [0.4, 0.5) is 0 Å². The van der Waals surface area contributed by atoms with Gasteiger partial charge in [0.25, 0.3) is 0 Å². The fourth-order valence-corrected chi connectivity index (χ4v) is 1.87. The number of benzene rings is 1. The van der Waals surface area contributed by atoms with Crippen LogP contribution in [0, 0.1) is 6.92 Å². The van der Waals surface area contributed by atoms with Crippen molar-refractivity contribution in [2.45, 2.75) is 26.3 Å². The summed E-state index contributed by atoms with van der Waals surface area (Å²) in [5.74, 6) is 0. The minimum absolute atomic E-state index is 0.646. The van der Waals surface area contributed by atoms with Gasteiger partial charge in [0.15, 0.2) is 0 Å². The van der Waals surface area contributed by atoms with E-state index in [0.717, 1.165) is 0 Å². The Morgan fingerprint density at radius 3 is 3.00 bits per heavy atom. The Labute approximate surface area is 79.3 Å². The molecule has 0 amide bonds. The molecule has 1 aromatic carbocycles. The van der Waals surface area contributed by atoms with E-state index < -0.39 is 0 Å². The molecule has 0 spiro atoms. The summed E-state index contributed by atoms with van der Waals surface area (Å²) in [5, 5.41) is 0. The molecule has 1 nitrogen and oxygen atoms in total. The summed E-state index contributed by atoms with van der Waals surface area (Å²) in [7, 11) is 0. The van der Waals surface area contributed by atoms with Crippen LogP contribution in [-0.4, -0.2) is 0 Å². The maximum Gasteiger partial charge on any atom is 0.0180 e. The van der Waals surface area contributed by atoms with E-state index in [1.807, 2.05) is 0 Å². The molecule has 13 heavy (non-hydrogen) atoms. The number of hydrogen-bond donors (Lipinski definition) is 1. The van der Waals surface area contributed by atoms with Crippen molar-refractivity contribution >= 4 is 6.08 Å². The van der Waals surface area contributed by atoms with Crippen LogP contribution in [0.1, 0.15) is 28.7 Å². The van der Waals surface area contributed by atoms with Crippen molar-refractivity contribution in [2.24, 2.45) is 5.73 Å². The van der Waals surface area contributed by atoms with Crippen LogP contribution < -0.4 is 5.73 Å². The lowest BCUT2D eigenvalue weighted by Crippen LogP contribution is -2.03. The van der Waals surface area contributed by atoms with Crippen molar-refractivity contribution in [2.75, 3.05) is 0 Å². The topological polar surface area (TPSA) is 26.0 Å². The summed E-state index contributed by atoms with van der Waals surface area (Å²) in [5.41, 5.74) is 11.1. The lowest BCUT2D eigenvalue weighted by Gasteiger charge is -2.13. The number of fused-ring (bicyclic) bond motifs is 1. The minimum Gasteiger partial charge on any atom is -0.326 e. The largest absolute Gasteiger partial charge is 0.326 e. The van der Waals surface area contributed by atoms with Gasteiger partial charge in [-0.25, -0.2) is 0 Å². The molecule has 0 bridgehead atoms. The SMILES string of the molecule is Cc1cc2c(cc1CN)C=CCC2. The van der Waals surface area contributed by atoms with Crippen LogP contribution in [0.2, 0.25) is 0 Å². The van der Waals surface area contributed by atoms with E-state index in [2.05, 4.69) is 31.2 Å². The molecule has 1 aliphatic rings. The van der Waals surface area contributed by atoms with Crippen LogP contribution >= 0.6 is 0 Å². The second-order valence-corrected chi connectivity index (χ2v) is 3.62. The third-order valence-corrected chi connectivity index (χ3v) is 2.70. The van der Waals surface area contributed by atoms with Crippen LogP contribution in [-0.2, 0) is 13.0 Å². The number of hydrogen-bond acceptors (Lipinski definition) is 1. The summed E-state index contributed by atoms with van der Waals surface area (Å²) in [6.45, 7) is 2.79. The molecule has 0 aromatic heterocycles. The van der Waals surface area contributed by atoms with Gasteiger partial charge in [-0.1, -0.05) is 18.2 Å². The zero-order chi connectivity index (χ0) is 9.26. The molecule has 0 unspecified atom stereocenters. The van der Waals surface area contributed by atoms with Crippen molar-refractivity contribution < 1.29 is 0 Å². The highest BCUT2D eigenvalue weighted by Gasteiger charge is 2.06. The molecule has 0 saturated heterocycles. The van der Waals surface area contributed by atoms with Gasteiger partial charge in [-0.3, -0.25) is 0 Å². The molecule has 1 heteroatoms. The number of allylic oxidation sites excluding steroid dienone is 1. The van der Waals surface area contributed by atoms with Gasteiger partial charge in [0.05, 0.1) is 0 Å². The van der Waals surface area contributed by atoms with Crippen molar-refractivity contribution in [3.8, 4) is 0 Å². The Hall–Kier alpha value is -1.08. The molecule has 2 N–H and O–H groups in total. The molecule has 0 saturated carbocycles. The summed E-state index contributed by atoms with van der Waals surface area (Å²) < 4.78 is 0. The van der Waals surface area contributed by atoms with Crippen molar-refractivity contribution in [3.63, 3.8) is 0 Å². The molecule has 0 radical (unpaired) electrons. The maximum atomic E-state index is 5.66. The average Bonchev–Trinajstić information content (AvgIpc) is 2.17. The summed E-state index contributed by atoms with van der Waals surface area (Å²) in [6, 6.07) is 4.50. The highest BCUT2D eigenvalue weighted by atomic mass is 14.5. The Balaban J connectivity index is 2.52. The molecule has 0 atom stereocenters. The normalized spacial score (nSPS) is 14.3. The Kier molecular flexibility index (Phi) is 2.19. The van der Waals surface area contributed by atoms with Gasteiger partial charge >= 0.3 is 0 Å². The fourth-order valence-electron chi connectivity index (χ4n) is 1.87. The van der Waals surface area contributed by atoms with Gasteiger partial charge in [-0.05, 0) is 48.1 Å². The monoisotopic (exact) mass is 173 g/mol. The van der Waals surface area contributed by atoms with Crippen LogP contribution in [0.15, 0.2) is 18.2 Å². The summed E-state index contributed by atoms with van der Waals surface area (Å²) in [4.78, 5) is 0. The maximum absolute atomic E-state index is 5.66. The standard InChI is InChI=1S/C12H15N/c1-9-6-10-4-2-3-5-11(10)7-12(9)8-13/h3,5-7H,2,4,8,13H2,1H3. The number of rotatable bonds is 1. The van der Waals surface area contributed by atoms with Gasteiger partial charge < -0.3 is 5.73 Å². The number of aryl methyl sites for hydroxylation is 2. The predicted octanol–water partition coefficient (Wildman–Crippen LogP) is 2.41. The van der Waals surface area contributed by atoms with Crippen molar-refractivity contribution in [3.05, 3.63) is 40.5 Å². The van der Waals surface area contributed by atoms with Gasteiger partial charge in [0, 0.05) is 6.54 Å². The zero-order valence-electron chi connectivity index (χ0n) is 8.01. The molecule has 0 heterocycles. The molecule has 1 aromatic rings. The molecule has 1 aliphatic carbocycles. The molecule has 68 valence electrons. The Bertz CT molecular complexity index is 350. The van der Waals surface area contributed by atoms with E-state index in [-0.39, 0.29) is 0 Å². The van der Waals surface area contributed by atoms with E-state index in [0.29, 0.717) is 6.54 Å². The summed E-state index contributed by atoms with van der Waals surface area (Å²) in [6.07, 6.45) is 6.79. The first-order valence-corrected chi connectivity index (χ1v) is 4.80. The van der Waals surface area contributed by atoms with Crippen LogP contribution in [0.3, 0.4) is 0 Å². The lowest BCUT2D eigenvalue weighted by molar-refractivity contribution is 0.967. The van der Waals surface area contributed by atoms with Gasteiger partial charge in [-0.2, -0.15) is 0 Å². The first-order valence-electron chi connectivity index (χ1n) is 4.80. The molecular formula is C12H15N. The van der Waals surface area contributed by atoms with Crippen LogP contribution in [0.5, 0.6) is 0 Å². The molecule has 2 rings (SSSR count). The van der Waals surface area contributed by atoms with E-state index in [9.17, 15) is 0 Å². The van der Waals surface area contributed by atoms with Gasteiger partial charge in [0.2, 0.25) is 0 Å². The Morgan fingerprint density at radius 1 is 1.38 bits per heavy atom. The third-order valence-electron chi connectivity index (χ3n) is 2.70. The van der Waals surface area contributed by atoms with Crippen molar-refractivity contribution in [1.29, 1.82) is 0 Å². The smallest absolute Gasteiger partial charge is 0.0180 e. The lowest BCUT2D eigenvalue weighted by atomic mass is 9.93. The quantitative estimate of drug-likeness (QED) is 0.693. The zero-order valence-corrected chi connectivity index (χ0v) is 8.01. The molecule has 0 fully saturated rings. The first kappa shape index (κ1) is 8.52. The minimum atomic E-state index is 0.646. The molecule has 0 aliphatic heterocycles. The highest BCUT2D eigenvalue weighted by molar-refractivity contribution is 5.58. The summed E-state index contributed by atoms with van der Waals surface area (Å²) >= 11 is 0. The second kappa shape index (κ2) is 3.35. The Morgan fingerprint density at radius 2 is 2.23 bits per heavy atom. The fraction of sp³-hybridized carbons (Fsp3) is 0.333. The average molecular weight is 173 g/mol. The van der Waals surface area contributed by atoms with E-state index in [1.54, 1.807) is 0 Å².